The van der Waals surface area contributed by atoms with E-state index in [9.17, 15) is 0 Å². The Morgan fingerprint density at radius 1 is 1.38 bits per heavy atom. The molecule has 0 aromatic carbocycles. The predicted octanol–water partition coefficient (Wildman–Crippen LogP) is 1.55. The molecule has 1 N–H and O–H groups in total. The van der Waals surface area contributed by atoms with Crippen molar-refractivity contribution in [1.29, 1.82) is 0 Å². The summed E-state index contributed by atoms with van der Waals surface area (Å²) in [5.74, 6) is 2.59. The number of aromatic nitrogens is 4. The van der Waals surface area contributed by atoms with Crippen molar-refractivity contribution in [3.05, 3.63) is 27.7 Å². The summed E-state index contributed by atoms with van der Waals surface area (Å²) in [5.41, 5.74) is 0. The predicted molar refractivity (Wildman–Crippen MR) is 105 cm³/mol. The van der Waals surface area contributed by atoms with Crippen LogP contribution in [0.25, 0.3) is 0 Å². The summed E-state index contributed by atoms with van der Waals surface area (Å²) >= 11 is 1.74. The van der Waals surface area contributed by atoms with Gasteiger partial charge >= 0.3 is 0 Å². The third-order valence-electron chi connectivity index (χ3n) is 4.05. The molecule has 0 amide bonds. The quantitative estimate of drug-likeness (QED) is 0.404. The second kappa shape index (κ2) is 10.2. The number of hydrogen-bond acceptors (Lipinski definition) is 6. The lowest BCUT2D eigenvalue weighted by atomic mass is 10.4. The summed E-state index contributed by atoms with van der Waals surface area (Å²) in [7, 11) is 5.72. The fourth-order valence-electron chi connectivity index (χ4n) is 2.35. The maximum absolute atomic E-state index is 5.12. The van der Waals surface area contributed by atoms with Crippen molar-refractivity contribution in [3.63, 3.8) is 0 Å². The van der Waals surface area contributed by atoms with Gasteiger partial charge in [0.15, 0.2) is 11.8 Å². The van der Waals surface area contributed by atoms with Crippen LogP contribution in [0.5, 0.6) is 0 Å². The van der Waals surface area contributed by atoms with E-state index in [-0.39, 0.29) is 0 Å². The average Bonchev–Trinajstić information content (AvgIpc) is 3.18. The molecule has 0 bridgehead atoms. The highest BCUT2D eigenvalue weighted by Gasteiger charge is 2.10. The van der Waals surface area contributed by atoms with E-state index < -0.39 is 0 Å². The molecule has 2 aromatic rings. The number of guanidine groups is 1. The van der Waals surface area contributed by atoms with Gasteiger partial charge in [-0.2, -0.15) is 0 Å². The maximum Gasteiger partial charge on any atom is 0.194 e. The first-order chi connectivity index (χ1) is 12.5. The Bertz CT molecular complexity index is 710. The lowest BCUT2D eigenvalue weighted by Crippen LogP contribution is -2.40. The molecular weight excluding hydrogens is 350 g/mol. The zero-order valence-electron chi connectivity index (χ0n) is 16.3. The van der Waals surface area contributed by atoms with Crippen molar-refractivity contribution in [2.75, 3.05) is 33.9 Å². The Labute approximate surface area is 159 Å². The van der Waals surface area contributed by atoms with Gasteiger partial charge in [0.25, 0.3) is 0 Å². The van der Waals surface area contributed by atoms with Gasteiger partial charge in [-0.1, -0.05) is 0 Å². The van der Waals surface area contributed by atoms with Crippen molar-refractivity contribution in [3.8, 4) is 0 Å². The van der Waals surface area contributed by atoms with E-state index in [1.165, 1.54) is 4.88 Å². The van der Waals surface area contributed by atoms with Crippen LogP contribution in [0.2, 0.25) is 0 Å². The van der Waals surface area contributed by atoms with Gasteiger partial charge < -0.3 is 19.5 Å². The van der Waals surface area contributed by atoms with E-state index in [2.05, 4.69) is 32.3 Å². The highest BCUT2D eigenvalue weighted by molar-refractivity contribution is 7.11. The molecule has 0 saturated heterocycles. The Kier molecular flexibility index (Phi) is 7.99. The summed E-state index contributed by atoms with van der Waals surface area (Å²) < 4.78 is 7.08. The topological polar surface area (TPSA) is 80.5 Å². The third kappa shape index (κ3) is 6.06. The zero-order chi connectivity index (χ0) is 18.9. The summed E-state index contributed by atoms with van der Waals surface area (Å²) in [6.45, 7) is 6.89. The molecule has 0 atom stereocenters. The van der Waals surface area contributed by atoms with Crippen molar-refractivity contribution in [1.82, 2.24) is 30.0 Å². The maximum atomic E-state index is 5.12. The van der Waals surface area contributed by atoms with Crippen LogP contribution >= 0.6 is 11.3 Å². The van der Waals surface area contributed by atoms with Gasteiger partial charge in [-0.15, -0.1) is 21.5 Å². The van der Waals surface area contributed by atoms with Crippen LogP contribution in [0.3, 0.4) is 0 Å². The smallest absolute Gasteiger partial charge is 0.194 e. The van der Waals surface area contributed by atoms with Crippen LogP contribution in [-0.4, -0.2) is 64.5 Å². The normalized spacial score (nSPS) is 11.8. The SMILES string of the molecule is COCCCNC(=NCc1nnc(C)n1C)N(C)CCc1ncc(C)s1. The molecule has 0 spiro atoms. The molecular formula is C17H29N7OS. The fourth-order valence-corrected chi connectivity index (χ4v) is 3.12. The van der Waals surface area contributed by atoms with Gasteiger partial charge in [-0.25, -0.2) is 9.98 Å². The van der Waals surface area contributed by atoms with Crippen molar-refractivity contribution < 1.29 is 4.74 Å². The highest BCUT2D eigenvalue weighted by Crippen LogP contribution is 2.12. The van der Waals surface area contributed by atoms with E-state index in [1.54, 1.807) is 18.4 Å². The van der Waals surface area contributed by atoms with E-state index in [1.807, 2.05) is 31.8 Å². The molecule has 0 fully saturated rings. The molecule has 144 valence electrons. The Balaban J connectivity index is 1.98. The molecule has 0 aliphatic rings. The molecule has 26 heavy (non-hydrogen) atoms. The number of nitrogens with one attached hydrogen (secondary N) is 1. The monoisotopic (exact) mass is 379 g/mol. The minimum atomic E-state index is 0.491. The van der Waals surface area contributed by atoms with Gasteiger partial charge in [-0.3, -0.25) is 0 Å². The molecule has 0 unspecified atom stereocenters. The summed E-state index contributed by atoms with van der Waals surface area (Å²) in [6, 6.07) is 0. The summed E-state index contributed by atoms with van der Waals surface area (Å²) in [6.07, 6.45) is 3.75. The van der Waals surface area contributed by atoms with Crippen LogP contribution < -0.4 is 5.32 Å². The van der Waals surface area contributed by atoms with Crippen LogP contribution in [0, 0.1) is 13.8 Å². The number of hydrogen-bond donors (Lipinski definition) is 1. The number of ether oxygens (including phenoxy) is 1. The van der Waals surface area contributed by atoms with Crippen LogP contribution in [0.4, 0.5) is 0 Å². The first-order valence-electron chi connectivity index (χ1n) is 8.75. The molecule has 8 nitrogen and oxygen atoms in total. The van der Waals surface area contributed by atoms with E-state index in [0.717, 1.165) is 55.2 Å². The first-order valence-corrected chi connectivity index (χ1v) is 9.57. The Hall–Kier alpha value is -2.00. The lowest BCUT2D eigenvalue weighted by molar-refractivity contribution is 0.195. The Morgan fingerprint density at radius 2 is 2.19 bits per heavy atom. The summed E-state index contributed by atoms with van der Waals surface area (Å²) in [5, 5.41) is 12.8. The van der Waals surface area contributed by atoms with Crippen molar-refractivity contribution in [2.24, 2.45) is 12.0 Å². The van der Waals surface area contributed by atoms with Crippen LogP contribution in [0.1, 0.15) is 28.0 Å². The molecule has 2 aromatic heterocycles. The molecule has 0 radical (unpaired) electrons. The zero-order valence-corrected chi connectivity index (χ0v) is 17.1. The Morgan fingerprint density at radius 3 is 2.81 bits per heavy atom. The first kappa shape index (κ1) is 20.3. The molecule has 0 aliphatic carbocycles. The number of methoxy groups -OCH3 is 1. The van der Waals surface area contributed by atoms with Gasteiger partial charge in [0.1, 0.15) is 12.4 Å². The number of nitrogens with zero attached hydrogens (tertiary/aromatic N) is 6. The number of aryl methyl sites for hydroxylation is 2. The second-order valence-corrected chi connectivity index (χ2v) is 7.49. The van der Waals surface area contributed by atoms with Gasteiger partial charge in [0.05, 0.1) is 5.01 Å². The minimum Gasteiger partial charge on any atom is -0.385 e. The van der Waals surface area contributed by atoms with Crippen LogP contribution in [0.15, 0.2) is 11.2 Å². The largest absolute Gasteiger partial charge is 0.385 e. The molecule has 2 rings (SSSR count). The molecule has 0 aliphatic heterocycles. The lowest BCUT2D eigenvalue weighted by Gasteiger charge is -2.22. The van der Waals surface area contributed by atoms with E-state index >= 15 is 0 Å². The van der Waals surface area contributed by atoms with Crippen molar-refractivity contribution in [2.45, 2.75) is 33.2 Å². The van der Waals surface area contributed by atoms with E-state index in [0.29, 0.717) is 6.54 Å². The average molecular weight is 380 g/mol. The number of likely N-dealkylation sites (N-methyl/N-ethyl adjacent to an activating group) is 1. The number of rotatable bonds is 9. The molecule has 2 heterocycles. The second-order valence-electron chi connectivity index (χ2n) is 6.17. The van der Waals surface area contributed by atoms with E-state index in [4.69, 9.17) is 9.73 Å². The van der Waals surface area contributed by atoms with Crippen molar-refractivity contribution >= 4 is 17.3 Å². The third-order valence-corrected chi connectivity index (χ3v) is 5.03. The standard InChI is InChI=1S/C17H29N7OS/c1-13-11-19-16(26-13)7-9-23(3)17(18-8-6-10-25-5)20-12-15-22-21-14(2)24(15)4/h11H,6-10,12H2,1-5H3,(H,18,20). The highest BCUT2D eigenvalue weighted by atomic mass is 32.1. The van der Waals surface area contributed by atoms with Gasteiger partial charge in [-0.05, 0) is 20.3 Å². The minimum absolute atomic E-state index is 0.491. The summed E-state index contributed by atoms with van der Waals surface area (Å²) in [4.78, 5) is 12.5. The van der Waals surface area contributed by atoms with Gasteiger partial charge in [0.2, 0.25) is 0 Å². The number of thiazole rings is 1. The molecule has 9 heteroatoms. The van der Waals surface area contributed by atoms with Crippen LogP contribution in [-0.2, 0) is 24.8 Å². The number of aliphatic imine (C=N–C) groups is 1. The van der Waals surface area contributed by atoms with Gasteiger partial charge in [0, 0.05) is 58.4 Å². The molecule has 0 saturated carbocycles. The fraction of sp³-hybridized carbons (Fsp3) is 0.647.